The highest BCUT2D eigenvalue weighted by molar-refractivity contribution is 6.33. The number of halogens is 1. The first-order valence-electron chi connectivity index (χ1n) is 6.30. The van der Waals surface area contributed by atoms with Crippen LogP contribution < -0.4 is 4.90 Å². The summed E-state index contributed by atoms with van der Waals surface area (Å²) in [6.07, 6.45) is 4.69. The van der Waals surface area contributed by atoms with Crippen LogP contribution >= 0.6 is 11.6 Å². The van der Waals surface area contributed by atoms with E-state index in [0.717, 1.165) is 16.3 Å². The number of rotatable bonds is 3. The van der Waals surface area contributed by atoms with Gasteiger partial charge in [0.25, 0.3) is 0 Å². The third-order valence-corrected chi connectivity index (χ3v) is 4.01. The van der Waals surface area contributed by atoms with E-state index in [4.69, 9.17) is 11.6 Å². The summed E-state index contributed by atoms with van der Waals surface area (Å²) in [4.78, 5) is 2.28. The van der Waals surface area contributed by atoms with Crippen molar-refractivity contribution in [2.45, 2.75) is 44.8 Å². The third kappa shape index (κ3) is 2.75. The monoisotopic (exact) mass is 253 g/mol. The molecule has 1 atom stereocenters. The van der Waals surface area contributed by atoms with Crippen LogP contribution in [0, 0.1) is 0 Å². The molecule has 94 valence electrons. The van der Waals surface area contributed by atoms with Crippen LogP contribution in [0.3, 0.4) is 0 Å². The van der Waals surface area contributed by atoms with Crippen molar-refractivity contribution in [1.29, 1.82) is 0 Å². The molecule has 0 radical (unpaired) electrons. The van der Waals surface area contributed by atoms with Gasteiger partial charge in [-0.15, -0.1) is 0 Å². The highest BCUT2D eigenvalue weighted by atomic mass is 35.5. The molecular weight excluding hydrogens is 234 g/mol. The molecule has 0 aromatic heterocycles. The van der Waals surface area contributed by atoms with Crippen molar-refractivity contribution in [2.75, 3.05) is 11.9 Å². The highest BCUT2D eigenvalue weighted by Crippen LogP contribution is 2.33. The largest absolute Gasteiger partial charge is 0.389 e. The van der Waals surface area contributed by atoms with Crippen molar-refractivity contribution in [2.24, 2.45) is 0 Å². The van der Waals surface area contributed by atoms with E-state index in [2.05, 4.69) is 11.9 Å². The molecule has 3 heteroatoms. The Morgan fingerprint density at radius 1 is 1.35 bits per heavy atom. The van der Waals surface area contributed by atoms with Crippen LogP contribution in [0.5, 0.6) is 0 Å². The van der Waals surface area contributed by atoms with Crippen molar-refractivity contribution in [3.05, 3.63) is 28.8 Å². The zero-order valence-corrected chi connectivity index (χ0v) is 11.2. The van der Waals surface area contributed by atoms with Gasteiger partial charge in [-0.05, 0) is 37.5 Å². The lowest BCUT2D eigenvalue weighted by Crippen LogP contribution is -2.28. The van der Waals surface area contributed by atoms with Gasteiger partial charge in [0, 0.05) is 13.1 Å². The number of nitrogens with zero attached hydrogens (tertiary/aromatic N) is 1. The van der Waals surface area contributed by atoms with Gasteiger partial charge in [0.15, 0.2) is 0 Å². The van der Waals surface area contributed by atoms with Gasteiger partial charge in [-0.1, -0.05) is 30.5 Å². The van der Waals surface area contributed by atoms with E-state index in [1.807, 2.05) is 18.2 Å². The maximum absolute atomic E-state index is 9.52. The first-order valence-corrected chi connectivity index (χ1v) is 6.67. The van der Waals surface area contributed by atoms with Crippen LogP contribution in [-0.2, 0) is 0 Å². The predicted molar refractivity (Wildman–Crippen MR) is 72.7 cm³/mol. The number of anilines is 1. The molecule has 2 rings (SSSR count). The summed E-state index contributed by atoms with van der Waals surface area (Å²) in [6.45, 7) is 1.76. The Kier molecular flexibility index (Phi) is 3.95. The number of benzene rings is 1. The molecule has 1 aromatic rings. The van der Waals surface area contributed by atoms with Crippen molar-refractivity contribution in [3.63, 3.8) is 0 Å². The number of hydrogen-bond donors (Lipinski definition) is 1. The minimum Gasteiger partial charge on any atom is -0.389 e. The summed E-state index contributed by atoms with van der Waals surface area (Å²) in [7, 11) is 2.11. The molecule has 1 N–H and O–H groups in total. The van der Waals surface area contributed by atoms with Crippen LogP contribution in [0.2, 0.25) is 5.02 Å². The molecular formula is C14H20ClNO. The van der Waals surface area contributed by atoms with E-state index < -0.39 is 6.10 Å². The van der Waals surface area contributed by atoms with Crippen molar-refractivity contribution >= 4 is 17.3 Å². The first kappa shape index (κ1) is 12.7. The van der Waals surface area contributed by atoms with Gasteiger partial charge in [-0.25, -0.2) is 0 Å². The molecule has 0 heterocycles. The lowest BCUT2D eigenvalue weighted by atomic mass is 10.1. The smallest absolute Gasteiger partial charge is 0.0762 e. The molecule has 1 fully saturated rings. The average molecular weight is 254 g/mol. The normalized spacial score (nSPS) is 18.4. The minimum absolute atomic E-state index is 0.460. The van der Waals surface area contributed by atoms with Crippen LogP contribution in [0.15, 0.2) is 18.2 Å². The number of aliphatic hydroxyl groups excluding tert-OH is 1. The fourth-order valence-corrected chi connectivity index (χ4v) is 2.88. The third-order valence-electron chi connectivity index (χ3n) is 3.71. The van der Waals surface area contributed by atoms with Crippen LogP contribution in [0.4, 0.5) is 5.69 Å². The summed E-state index contributed by atoms with van der Waals surface area (Å²) in [5, 5.41) is 10.3. The molecule has 1 aromatic carbocycles. The summed E-state index contributed by atoms with van der Waals surface area (Å²) in [5.41, 5.74) is 1.95. The van der Waals surface area contributed by atoms with E-state index >= 15 is 0 Å². The Balaban J connectivity index is 2.20. The summed E-state index contributed by atoms with van der Waals surface area (Å²) in [6, 6.07) is 6.46. The molecule has 1 saturated carbocycles. The van der Waals surface area contributed by atoms with Gasteiger partial charge < -0.3 is 10.0 Å². The van der Waals surface area contributed by atoms with Gasteiger partial charge in [0.05, 0.1) is 16.8 Å². The Labute approximate surface area is 108 Å². The van der Waals surface area contributed by atoms with Crippen LogP contribution in [0.25, 0.3) is 0 Å². The van der Waals surface area contributed by atoms with E-state index in [1.54, 1.807) is 6.92 Å². The number of aliphatic hydroxyl groups is 1. The van der Waals surface area contributed by atoms with Gasteiger partial charge in [0.2, 0.25) is 0 Å². The summed E-state index contributed by atoms with van der Waals surface area (Å²) < 4.78 is 0. The zero-order chi connectivity index (χ0) is 12.4. The van der Waals surface area contributed by atoms with E-state index in [0.29, 0.717) is 6.04 Å². The molecule has 0 bridgehead atoms. The average Bonchev–Trinajstić information content (AvgIpc) is 2.81. The second-order valence-corrected chi connectivity index (χ2v) is 5.34. The van der Waals surface area contributed by atoms with Gasteiger partial charge in [-0.2, -0.15) is 0 Å². The first-order chi connectivity index (χ1) is 8.09. The molecule has 0 spiro atoms. The molecule has 0 aliphatic heterocycles. The molecule has 2 nitrogen and oxygen atoms in total. The van der Waals surface area contributed by atoms with Gasteiger partial charge >= 0.3 is 0 Å². The van der Waals surface area contributed by atoms with Crippen molar-refractivity contribution < 1.29 is 5.11 Å². The predicted octanol–water partition coefficient (Wildman–Crippen LogP) is 3.77. The quantitative estimate of drug-likeness (QED) is 0.886. The van der Waals surface area contributed by atoms with Gasteiger partial charge in [-0.3, -0.25) is 0 Å². The highest BCUT2D eigenvalue weighted by Gasteiger charge is 2.21. The van der Waals surface area contributed by atoms with E-state index in [9.17, 15) is 5.11 Å². The van der Waals surface area contributed by atoms with Crippen molar-refractivity contribution in [1.82, 2.24) is 0 Å². The fraction of sp³-hybridized carbons (Fsp3) is 0.571. The number of hydrogen-bond acceptors (Lipinski definition) is 2. The Morgan fingerprint density at radius 2 is 2.00 bits per heavy atom. The van der Waals surface area contributed by atoms with Gasteiger partial charge in [0.1, 0.15) is 0 Å². The lowest BCUT2D eigenvalue weighted by Gasteiger charge is -2.27. The Hall–Kier alpha value is -0.730. The second kappa shape index (κ2) is 5.28. The SMILES string of the molecule is CC(O)c1ccc(N(C)C2CCCC2)c(Cl)c1. The molecule has 1 aliphatic carbocycles. The maximum Gasteiger partial charge on any atom is 0.0762 e. The zero-order valence-electron chi connectivity index (χ0n) is 10.5. The summed E-state index contributed by atoms with van der Waals surface area (Å²) >= 11 is 6.29. The maximum atomic E-state index is 9.52. The summed E-state index contributed by atoms with van der Waals surface area (Å²) in [5.74, 6) is 0. The Bertz CT molecular complexity index is 386. The van der Waals surface area contributed by atoms with E-state index in [-0.39, 0.29) is 0 Å². The molecule has 0 amide bonds. The topological polar surface area (TPSA) is 23.5 Å². The Morgan fingerprint density at radius 3 is 2.53 bits per heavy atom. The standard InChI is InChI=1S/C14H20ClNO/c1-10(17)11-7-8-14(13(15)9-11)16(2)12-5-3-4-6-12/h7-10,12,17H,3-6H2,1-2H3. The van der Waals surface area contributed by atoms with Crippen LogP contribution in [0.1, 0.15) is 44.3 Å². The minimum atomic E-state index is -0.460. The van der Waals surface area contributed by atoms with Crippen molar-refractivity contribution in [3.8, 4) is 0 Å². The molecule has 1 aliphatic rings. The second-order valence-electron chi connectivity index (χ2n) is 4.94. The fourth-order valence-electron chi connectivity index (χ4n) is 2.56. The molecule has 1 unspecified atom stereocenters. The van der Waals surface area contributed by atoms with Crippen LogP contribution in [-0.4, -0.2) is 18.2 Å². The molecule has 0 saturated heterocycles. The van der Waals surface area contributed by atoms with E-state index in [1.165, 1.54) is 25.7 Å². The lowest BCUT2D eigenvalue weighted by molar-refractivity contribution is 0.199. The molecule has 17 heavy (non-hydrogen) atoms.